The second-order valence-corrected chi connectivity index (χ2v) is 4.11. The van der Waals surface area contributed by atoms with E-state index >= 15 is 0 Å². The number of hydrogen-bond acceptors (Lipinski definition) is 2. The first-order valence-corrected chi connectivity index (χ1v) is 5.75. The molecule has 0 unspecified atom stereocenters. The summed E-state index contributed by atoms with van der Waals surface area (Å²) in [5.74, 6) is 0.0558. The van der Waals surface area contributed by atoms with Gasteiger partial charge in [-0.2, -0.15) is 0 Å². The predicted molar refractivity (Wildman–Crippen MR) is 65.4 cm³/mol. The van der Waals surface area contributed by atoms with Gasteiger partial charge in [-0.3, -0.25) is 4.79 Å². The van der Waals surface area contributed by atoms with Crippen LogP contribution in [0.2, 0.25) is 0 Å². The Labute approximate surface area is 96.4 Å². The van der Waals surface area contributed by atoms with Crippen LogP contribution in [0.15, 0.2) is 17.8 Å². The van der Waals surface area contributed by atoms with Gasteiger partial charge < -0.3 is 5.32 Å². The van der Waals surface area contributed by atoms with E-state index in [1.54, 1.807) is 6.08 Å². The molecule has 15 heavy (non-hydrogen) atoms. The van der Waals surface area contributed by atoms with Crippen molar-refractivity contribution in [2.24, 2.45) is 0 Å². The maximum atomic E-state index is 11.4. The maximum absolute atomic E-state index is 11.4. The van der Waals surface area contributed by atoms with Crippen molar-refractivity contribution in [1.82, 2.24) is 5.32 Å². The molecule has 0 aromatic heterocycles. The lowest BCUT2D eigenvalue weighted by Gasteiger charge is -2.08. The molecule has 0 heterocycles. The molecule has 0 fully saturated rings. The molecule has 1 N–H and O–H groups in total. The smallest absolute Gasteiger partial charge is 0.224 e. The van der Waals surface area contributed by atoms with E-state index in [0.29, 0.717) is 12.1 Å². The number of amides is 1. The van der Waals surface area contributed by atoms with Crippen LogP contribution in [0.1, 0.15) is 39.0 Å². The van der Waals surface area contributed by atoms with Crippen LogP contribution in [0.5, 0.6) is 0 Å². The zero-order valence-electron chi connectivity index (χ0n) is 9.01. The van der Waals surface area contributed by atoms with Gasteiger partial charge in [-0.1, -0.05) is 38.1 Å². The van der Waals surface area contributed by atoms with Crippen LogP contribution in [0, 0.1) is 6.08 Å². The highest BCUT2D eigenvalue weighted by molar-refractivity contribution is 7.80. The molecule has 1 aliphatic carbocycles. The van der Waals surface area contributed by atoms with Gasteiger partial charge >= 0.3 is 0 Å². The Hall–Kier alpha value is -0.960. The molecule has 0 aromatic rings. The van der Waals surface area contributed by atoms with Crippen LogP contribution in [0.4, 0.5) is 0 Å². The summed E-state index contributed by atoms with van der Waals surface area (Å²) >= 11 is 5.04. The first kappa shape index (κ1) is 12.1. The summed E-state index contributed by atoms with van der Waals surface area (Å²) in [7, 11) is 0. The summed E-state index contributed by atoms with van der Waals surface area (Å²) in [5, 5.41) is 2.80. The molecule has 0 saturated carbocycles. The molecular formula is C12H16NOS. The molecule has 2 nitrogen and oxygen atoms in total. The molecule has 0 spiro atoms. The zero-order valence-corrected chi connectivity index (χ0v) is 9.82. The number of hydrogen-bond donors (Lipinski definition) is 1. The van der Waals surface area contributed by atoms with E-state index in [1.165, 1.54) is 0 Å². The Balaban J connectivity index is 2.31. The Morgan fingerprint density at radius 3 is 3.07 bits per heavy atom. The van der Waals surface area contributed by atoms with Crippen molar-refractivity contribution in [3.8, 4) is 0 Å². The molecule has 0 bridgehead atoms. The molecule has 3 heteroatoms. The largest absolute Gasteiger partial charge is 0.325 e. The highest BCUT2D eigenvalue weighted by atomic mass is 32.1. The number of carbonyl (C=O) groups is 1. The van der Waals surface area contributed by atoms with Crippen molar-refractivity contribution in [1.29, 1.82) is 0 Å². The molecule has 1 aliphatic rings. The number of carbonyl (C=O) groups excluding carboxylic acids is 1. The Morgan fingerprint density at radius 1 is 1.60 bits per heavy atom. The van der Waals surface area contributed by atoms with Crippen molar-refractivity contribution in [3.05, 3.63) is 23.9 Å². The van der Waals surface area contributed by atoms with Crippen LogP contribution < -0.4 is 5.32 Å². The molecule has 0 aliphatic heterocycles. The number of unbranched alkanes of at least 4 members (excludes halogenated alkanes) is 2. The van der Waals surface area contributed by atoms with Gasteiger partial charge in [-0.15, -0.1) is 0 Å². The summed E-state index contributed by atoms with van der Waals surface area (Å²) in [6.07, 6.45) is 11.2. The number of rotatable bonds is 5. The van der Waals surface area contributed by atoms with Crippen molar-refractivity contribution in [3.63, 3.8) is 0 Å². The van der Waals surface area contributed by atoms with E-state index in [9.17, 15) is 4.79 Å². The second kappa shape index (κ2) is 6.51. The van der Waals surface area contributed by atoms with E-state index in [0.717, 1.165) is 30.5 Å². The first-order chi connectivity index (χ1) is 7.22. The maximum Gasteiger partial charge on any atom is 0.224 e. The number of nitrogens with one attached hydrogen (secondary N) is 1. The summed E-state index contributed by atoms with van der Waals surface area (Å²) in [5.41, 5.74) is 0.702. The highest BCUT2D eigenvalue weighted by Gasteiger charge is 2.05. The van der Waals surface area contributed by atoms with Crippen molar-refractivity contribution in [2.45, 2.75) is 39.0 Å². The van der Waals surface area contributed by atoms with E-state index in [4.69, 9.17) is 12.2 Å². The third-order valence-electron chi connectivity index (χ3n) is 2.15. The van der Waals surface area contributed by atoms with Crippen LogP contribution in [0.25, 0.3) is 0 Å². The lowest BCUT2D eigenvalue weighted by atomic mass is 10.1. The highest BCUT2D eigenvalue weighted by Crippen LogP contribution is 2.06. The SMILES string of the molecule is CCCCCC(=O)NC1=CC(=S)CC=[C]1. The zero-order chi connectivity index (χ0) is 11.1. The van der Waals surface area contributed by atoms with Gasteiger partial charge in [0.2, 0.25) is 5.91 Å². The summed E-state index contributed by atoms with van der Waals surface area (Å²) < 4.78 is 0. The average molecular weight is 222 g/mol. The minimum Gasteiger partial charge on any atom is -0.325 e. The monoisotopic (exact) mass is 222 g/mol. The van der Waals surface area contributed by atoms with Crippen LogP contribution in [0.3, 0.4) is 0 Å². The van der Waals surface area contributed by atoms with Gasteiger partial charge in [0.1, 0.15) is 0 Å². The average Bonchev–Trinajstić information content (AvgIpc) is 2.18. The summed E-state index contributed by atoms with van der Waals surface area (Å²) in [6.45, 7) is 2.12. The van der Waals surface area contributed by atoms with E-state index in [-0.39, 0.29) is 5.91 Å². The normalized spacial score (nSPS) is 15.0. The van der Waals surface area contributed by atoms with E-state index in [2.05, 4.69) is 18.3 Å². The number of thiocarbonyl (C=S) groups is 1. The molecular weight excluding hydrogens is 206 g/mol. The van der Waals surface area contributed by atoms with E-state index < -0.39 is 0 Å². The van der Waals surface area contributed by atoms with Crippen molar-refractivity contribution >= 4 is 23.0 Å². The third kappa shape index (κ3) is 4.88. The van der Waals surface area contributed by atoms with Gasteiger partial charge in [0, 0.05) is 29.5 Å². The lowest BCUT2D eigenvalue weighted by Crippen LogP contribution is -2.23. The molecule has 1 rings (SSSR count). The number of allylic oxidation sites excluding steroid dienone is 3. The Bertz CT molecular complexity index is 305. The quantitative estimate of drug-likeness (QED) is 0.572. The third-order valence-corrected chi connectivity index (χ3v) is 2.43. The van der Waals surface area contributed by atoms with Gasteiger partial charge in [0.25, 0.3) is 0 Å². The van der Waals surface area contributed by atoms with Gasteiger partial charge in [-0.05, 0) is 12.5 Å². The molecule has 0 aromatic carbocycles. The second-order valence-electron chi connectivity index (χ2n) is 3.58. The summed E-state index contributed by atoms with van der Waals surface area (Å²) in [4.78, 5) is 12.3. The standard InChI is InChI=1S/C12H16NOS/c1-2-3-4-8-12(14)13-10-6-5-7-11(15)9-10/h5,9H,2-4,7-8H2,1H3,(H,13,14). The molecule has 0 atom stereocenters. The predicted octanol–water partition coefficient (Wildman–Crippen LogP) is 2.70. The molecule has 1 amide bonds. The minimum atomic E-state index is 0.0558. The first-order valence-electron chi connectivity index (χ1n) is 5.35. The van der Waals surface area contributed by atoms with Gasteiger partial charge in [0.15, 0.2) is 0 Å². The molecule has 0 saturated heterocycles. The van der Waals surface area contributed by atoms with E-state index in [1.807, 2.05) is 6.08 Å². The fourth-order valence-corrected chi connectivity index (χ4v) is 1.54. The minimum absolute atomic E-state index is 0.0558. The van der Waals surface area contributed by atoms with Crippen LogP contribution in [-0.2, 0) is 4.79 Å². The van der Waals surface area contributed by atoms with Crippen LogP contribution >= 0.6 is 12.2 Å². The topological polar surface area (TPSA) is 29.1 Å². The fraction of sp³-hybridized carbons (Fsp3) is 0.500. The Morgan fingerprint density at radius 2 is 2.40 bits per heavy atom. The fourth-order valence-electron chi connectivity index (χ4n) is 1.34. The van der Waals surface area contributed by atoms with Gasteiger partial charge in [0.05, 0.1) is 0 Å². The van der Waals surface area contributed by atoms with Gasteiger partial charge in [-0.25, -0.2) is 0 Å². The Kier molecular flexibility index (Phi) is 5.26. The van der Waals surface area contributed by atoms with Crippen molar-refractivity contribution < 1.29 is 4.79 Å². The summed E-state index contributed by atoms with van der Waals surface area (Å²) in [6, 6.07) is 0. The molecule has 81 valence electrons. The van der Waals surface area contributed by atoms with Crippen molar-refractivity contribution in [2.75, 3.05) is 0 Å². The van der Waals surface area contributed by atoms with Crippen LogP contribution in [-0.4, -0.2) is 10.8 Å². The molecule has 1 radical (unpaired) electrons. The lowest BCUT2D eigenvalue weighted by molar-refractivity contribution is -0.120.